The molecule has 228 valence electrons. The highest BCUT2D eigenvalue weighted by molar-refractivity contribution is 6.10. The van der Waals surface area contributed by atoms with Gasteiger partial charge in [-0.2, -0.15) is 0 Å². The summed E-state index contributed by atoms with van der Waals surface area (Å²) < 4.78 is 6.29. The molecule has 1 aliphatic carbocycles. The van der Waals surface area contributed by atoms with E-state index in [0.717, 1.165) is 55.8 Å². The predicted octanol–water partition coefficient (Wildman–Crippen LogP) is 10.1. The maximum atomic E-state index is 6.29. The van der Waals surface area contributed by atoms with Gasteiger partial charge in [0.15, 0.2) is 0 Å². The van der Waals surface area contributed by atoms with Crippen LogP contribution in [0.5, 0.6) is 0 Å². The summed E-state index contributed by atoms with van der Waals surface area (Å²) in [4.78, 5) is 5.45. The van der Waals surface area contributed by atoms with E-state index in [1.54, 1.807) is 0 Å². The Balaban J connectivity index is 1.30. The normalized spacial score (nSPS) is 14.3. The molecule has 1 aliphatic rings. The second kappa shape index (κ2) is 11.1. The molecule has 0 radical (unpaired) electrons. The maximum Gasteiger partial charge on any atom is 0.136 e. The van der Waals surface area contributed by atoms with Crippen molar-refractivity contribution in [3.05, 3.63) is 166 Å². The van der Waals surface area contributed by atoms with Gasteiger partial charge >= 0.3 is 0 Å². The van der Waals surface area contributed by atoms with Crippen molar-refractivity contribution in [2.24, 2.45) is 4.99 Å². The predicted molar refractivity (Wildman–Crippen MR) is 198 cm³/mol. The number of para-hydroxylation sites is 1. The van der Waals surface area contributed by atoms with Crippen molar-refractivity contribution in [3.8, 4) is 22.3 Å². The van der Waals surface area contributed by atoms with Gasteiger partial charge < -0.3 is 4.42 Å². The number of benzene rings is 6. The Hall–Kier alpha value is -5.47. The molecule has 8 rings (SSSR count). The van der Waals surface area contributed by atoms with E-state index in [9.17, 15) is 0 Å². The Morgan fingerprint density at radius 1 is 0.702 bits per heavy atom. The Kier molecular flexibility index (Phi) is 6.84. The van der Waals surface area contributed by atoms with Gasteiger partial charge in [-0.05, 0) is 75.7 Å². The average Bonchev–Trinajstić information content (AvgIpc) is 3.57. The first kappa shape index (κ1) is 29.0. The minimum atomic E-state index is -0.103. The summed E-state index contributed by atoms with van der Waals surface area (Å²) in [6.45, 7) is 13.5. The molecule has 0 saturated carbocycles. The third-order valence-electron chi connectivity index (χ3n) is 9.90. The summed E-state index contributed by atoms with van der Waals surface area (Å²) in [5.74, 6) is 0. The third-order valence-corrected chi connectivity index (χ3v) is 9.90. The second-order valence-corrected chi connectivity index (χ2v) is 13.3. The molecule has 7 aromatic rings. The summed E-state index contributed by atoms with van der Waals surface area (Å²) in [6.07, 6.45) is 0.720. The molecule has 0 spiro atoms. The molecule has 0 aliphatic heterocycles. The molecule has 2 heteroatoms. The van der Waals surface area contributed by atoms with Crippen LogP contribution in [0, 0.1) is 6.92 Å². The molecule has 0 amide bonds. The van der Waals surface area contributed by atoms with Crippen LogP contribution in [0.1, 0.15) is 48.6 Å². The molecule has 0 unspecified atom stereocenters. The summed E-state index contributed by atoms with van der Waals surface area (Å²) in [7, 11) is 0. The molecule has 47 heavy (non-hydrogen) atoms. The lowest BCUT2D eigenvalue weighted by Gasteiger charge is -2.26. The van der Waals surface area contributed by atoms with Crippen molar-refractivity contribution in [2.75, 3.05) is 0 Å². The van der Waals surface area contributed by atoms with E-state index in [-0.39, 0.29) is 5.41 Å². The van der Waals surface area contributed by atoms with Gasteiger partial charge in [0.1, 0.15) is 11.2 Å². The van der Waals surface area contributed by atoms with Crippen molar-refractivity contribution >= 4 is 39.9 Å². The molecule has 0 atom stereocenters. The van der Waals surface area contributed by atoms with Gasteiger partial charge in [-0.3, -0.25) is 4.99 Å². The number of rotatable bonds is 5. The van der Waals surface area contributed by atoms with E-state index in [1.165, 1.54) is 44.5 Å². The molecule has 1 aromatic heterocycles. The van der Waals surface area contributed by atoms with E-state index < -0.39 is 0 Å². The number of nitrogens with zero attached hydrogens (tertiary/aromatic N) is 1. The molecule has 0 saturated heterocycles. The van der Waals surface area contributed by atoms with Gasteiger partial charge in [0.2, 0.25) is 0 Å². The van der Waals surface area contributed by atoms with Crippen molar-refractivity contribution in [2.45, 2.75) is 39.5 Å². The minimum Gasteiger partial charge on any atom is -0.456 e. The molecule has 0 N–H and O–H groups in total. The Labute approximate surface area is 276 Å². The average molecular weight is 608 g/mol. The molecule has 0 fully saturated rings. The smallest absolute Gasteiger partial charge is 0.136 e. The number of fused-ring (bicyclic) bond motifs is 6. The van der Waals surface area contributed by atoms with Crippen LogP contribution in [0.4, 0.5) is 0 Å². The minimum absolute atomic E-state index is 0.103. The van der Waals surface area contributed by atoms with Crippen LogP contribution in [0.2, 0.25) is 0 Å². The lowest BCUT2D eigenvalue weighted by molar-refractivity contribution is 0.661. The van der Waals surface area contributed by atoms with E-state index in [1.807, 2.05) is 24.3 Å². The highest BCUT2D eigenvalue weighted by atomic mass is 16.3. The maximum absolute atomic E-state index is 6.29. The largest absolute Gasteiger partial charge is 0.456 e. The van der Waals surface area contributed by atoms with Crippen LogP contribution in [0.15, 0.2) is 137 Å². The van der Waals surface area contributed by atoms with Gasteiger partial charge in [0.25, 0.3) is 0 Å². The fourth-order valence-corrected chi connectivity index (χ4v) is 7.74. The van der Waals surface area contributed by atoms with E-state index >= 15 is 0 Å². The van der Waals surface area contributed by atoms with E-state index in [4.69, 9.17) is 9.41 Å². The van der Waals surface area contributed by atoms with Gasteiger partial charge in [0.05, 0.1) is 5.70 Å². The molecule has 6 aromatic carbocycles. The standard InChI is InChI=1S/C45H37NO/c1-28-15-6-8-17-32(28)44(37-21-14-24-40-42(37)36-20-11-13-23-39(36)47-40)46-30(3)27-31-16-7-9-18-33(31)41-29(2)25-26-35-34-19-10-12-22-38(34)45(4,5)43(35)41/h6-26H,1,27H2,2-5H3/b44-32-,46-30?. The number of hydrogen-bond acceptors (Lipinski definition) is 2. The molecule has 0 bridgehead atoms. The number of aryl methyl sites for hydroxylation is 1. The molecule has 1 heterocycles. The van der Waals surface area contributed by atoms with Crippen LogP contribution in [-0.4, -0.2) is 5.71 Å². The summed E-state index contributed by atoms with van der Waals surface area (Å²) >= 11 is 0. The summed E-state index contributed by atoms with van der Waals surface area (Å²) in [6, 6.07) is 45.1. The van der Waals surface area contributed by atoms with Gasteiger partial charge in [-0.15, -0.1) is 0 Å². The molecular formula is C45H37NO. The van der Waals surface area contributed by atoms with Gasteiger partial charge in [0, 0.05) is 39.1 Å². The summed E-state index contributed by atoms with van der Waals surface area (Å²) in [5, 5.41) is 4.14. The number of furan rings is 1. The monoisotopic (exact) mass is 607 g/mol. The van der Waals surface area contributed by atoms with Crippen LogP contribution in [0.25, 0.3) is 56.5 Å². The quantitative estimate of drug-likeness (QED) is 0.179. The van der Waals surface area contributed by atoms with Crippen molar-refractivity contribution in [1.82, 2.24) is 0 Å². The van der Waals surface area contributed by atoms with Crippen LogP contribution < -0.4 is 10.4 Å². The molecular weight excluding hydrogens is 571 g/mol. The van der Waals surface area contributed by atoms with Gasteiger partial charge in [-0.1, -0.05) is 136 Å². The first-order chi connectivity index (χ1) is 22.8. The SMILES string of the molecule is C=c1cccc/c1=C(/N=C(C)Cc1ccccc1-c1c(C)ccc2c1C(C)(C)c1ccccc1-2)c1cccc2oc3ccccc3c12. The zero-order valence-corrected chi connectivity index (χ0v) is 27.4. The number of aliphatic imine (C=N–C) groups is 1. The summed E-state index contributed by atoms with van der Waals surface area (Å²) in [5.41, 5.74) is 15.3. The van der Waals surface area contributed by atoms with Gasteiger partial charge in [-0.25, -0.2) is 0 Å². The fraction of sp³-hybridized carbons (Fsp3) is 0.133. The zero-order valence-electron chi connectivity index (χ0n) is 27.4. The van der Waals surface area contributed by atoms with Crippen LogP contribution in [0.3, 0.4) is 0 Å². The third kappa shape index (κ3) is 4.67. The lowest BCUT2D eigenvalue weighted by atomic mass is 9.77. The Bertz CT molecular complexity index is 2510. The highest BCUT2D eigenvalue weighted by Gasteiger charge is 2.38. The Morgan fingerprint density at radius 3 is 2.26 bits per heavy atom. The van der Waals surface area contributed by atoms with Crippen molar-refractivity contribution in [1.29, 1.82) is 0 Å². The topological polar surface area (TPSA) is 25.5 Å². The fourth-order valence-electron chi connectivity index (χ4n) is 7.74. The van der Waals surface area contributed by atoms with Crippen molar-refractivity contribution < 1.29 is 4.42 Å². The first-order valence-electron chi connectivity index (χ1n) is 16.4. The zero-order chi connectivity index (χ0) is 32.3. The van der Waals surface area contributed by atoms with E-state index in [2.05, 4.69) is 137 Å². The number of hydrogen-bond donors (Lipinski definition) is 0. The van der Waals surface area contributed by atoms with Crippen molar-refractivity contribution in [3.63, 3.8) is 0 Å². The van der Waals surface area contributed by atoms with E-state index in [0.29, 0.717) is 0 Å². The molecule has 2 nitrogen and oxygen atoms in total. The Morgan fingerprint density at radius 2 is 1.40 bits per heavy atom. The van der Waals surface area contributed by atoms with Crippen LogP contribution in [-0.2, 0) is 11.8 Å². The lowest BCUT2D eigenvalue weighted by Crippen LogP contribution is -2.25. The first-order valence-corrected chi connectivity index (χ1v) is 16.4. The second-order valence-electron chi connectivity index (χ2n) is 13.3. The van der Waals surface area contributed by atoms with Crippen LogP contribution >= 0.6 is 0 Å². The highest BCUT2D eigenvalue weighted by Crippen LogP contribution is 2.53.